The Morgan fingerprint density at radius 3 is 2.56 bits per heavy atom. The maximum atomic E-state index is 11.8. The van der Waals surface area contributed by atoms with E-state index in [-0.39, 0.29) is 22.3 Å². The van der Waals surface area contributed by atoms with Gasteiger partial charge in [-0.25, -0.2) is 8.42 Å². The van der Waals surface area contributed by atoms with Crippen molar-refractivity contribution in [3.8, 4) is 11.5 Å². The Hall–Kier alpha value is -0.940. The molecule has 89 valence electrons. The molecule has 0 spiro atoms. The van der Waals surface area contributed by atoms with Gasteiger partial charge in [0.05, 0.1) is 20.0 Å². The highest BCUT2D eigenvalue weighted by molar-refractivity contribution is 7.91. The Labute approximate surface area is 100 Å². The number of benzene rings is 1. The molecule has 0 saturated carbocycles. The van der Waals surface area contributed by atoms with Crippen molar-refractivity contribution >= 4 is 21.4 Å². The van der Waals surface area contributed by atoms with E-state index in [0.717, 1.165) is 0 Å². The minimum absolute atomic E-state index is 0.0341. The highest BCUT2D eigenvalue weighted by atomic mass is 35.5. The summed E-state index contributed by atoms with van der Waals surface area (Å²) in [5, 5.41) is 0. The van der Waals surface area contributed by atoms with Gasteiger partial charge >= 0.3 is 0 Å². The first kappa shape index (κ1) is 13.1. The number of sulfone groups is 1. The summed E-state index contributed by atoms with van der Waals surface area (Å²) in [5.74, 6) is 0.477. The third-order valence-corrected chi connectivity index (χ3v) is 4.12. The SMILES string of the molecule is COc1[c]cc(OC)c(S(=O)(=O)CCCl)c1. The summed E-state index contributed by atoms with van der Waals surface area (Å²) in [4.78, 5) is 0.0752. The molecule has 6 heteroatoms. The summed E-state index contributed by atoms with van der Waals surface area (Å²) in [7, 11) is -0.604. The summed E-state index contributed by atoms with van der Waals surface area (Å²) in [6.45, 7) is 0. The van der Waals surface area contributed by atoms with Crippen LogP contribution < -0.4 is 9.47 Å². The molecule has 4 nitrogen and oxygen atoms in total. The van der Waals surface area contributed by atoms with Gasteiger partial charge in [0.1, 0.15) is 16.4 Å². The van der Waals surface area contributed by atoms with Crippen molar-refractivity contribution in [1.29, 1.82) is 0 Å². The van der Waals surface area contributed by atoms with Gasteiger partial charge in [-0.1, -0.05) is 0 Å². The van der Waals surface area contributed by atoms with E-state index in [1.165, 1.54) is 26.4 Å². The van der Waals surface area contributed by atoms with Gasteiger partial charge in [-0.05, 0) is 6.07 Å². The molecule has 0 saturated heterocycles. The van der Waals surface area contributed by atoms with Crippen LogP contribution in [0.15, 0.2) is 17.0 Å². The maximum absolute atomic E-state index is 11.8. The number of halogens is 1. The topological polar surface area (TPSA) is 52.6 Å². The van der Waals surface area contributed by atoms with E-state index in [0.29, 0.717) is 5.75 Å². The third kappa shape index (κ3) is 2.80. The smallest absolute Gasteiger partial charge is 0.183 e. The lowest BCUT2D eigenvalue weighted by Crippen LogP contribution is -2.09. The molecule has 0 N–H and O–H groups in total. The lowest BCUT2D eigenvalue weighted by molar-refractivity contribution is 0.391. The molecule has 1 radical (unpaired) electrons. The maximum Gasteiger partial charge on any atom is 0.183 e. The molecule has 0 aromatic heterocycles. The summed E-state index contributed by atoms with van der Waals surface area (Å²) >= 11 is 5.45. The van der Waals surface area contributed by atoms with Gasteiger partial charge in [0.2, 0.25) is 0 Å². The normalized spacial score (nSPS) is 11.2. The number of hydrogen-bond acceptors (Lipinski definition) is 4. The predicted molar refractivity (Wildman–Crippen MR) is 61.2 cm³/mol. The van der Waals surface area contributed by atoms with Gasteiger partial charge in [0.15, 0.2) is 9.84 Å². The zero-order valence-corrected chi connectivity index (χ0v) is 10.6. The first-order chi connectivity index (χ1) is 7.55. The second kappa shape index (κ2) is 5.41. The average Bonchev–Trinajstić information content (AvgIpc) is 2.28. The molecular formula is C10H12ClO4S. The van der Waals surface area contributed by atoms with Crippen molar-refractivity contribution in [2.24, 2.45) is 0 Å². The second-order valence-electron chi connectivity index (χ2n) is 2.94. The van der Waals surface area contributed by atoms with E-state index in [9.17, 15) is 8.42 Å². The zero-order valence-electron chi connectivity index (χ0n) is 8.99. The fourth-order valence-corrected chi connectivity index (χ4v) is 2.94. The third-order valence-electron chi connectivity index (χ3n) is 1.97. The fourth-order valence-electron chi connectivity index (χ4n) is 1.17. The van der Waals surface area contributed by atoms with Crippen LogP contribution in [0.1, 0.15) is 0 Å². The number of alkyl halides is 1. The Morgan fingerprint density at radius 1 is 1.38 bits per heavy atom. The molecular weight excluding hydrogens is 252 g/mol. The van der Waals surface area contributed by atoms with Gasteiger partial charge in [0.25, 0.3) is 0 Å². The Bertz CT molecular complexity index is 456. The van der Waals surface area contributed by atoms with Crippen LogP contribution in [0.4, 0.5) is 0 Å². The van der Waals surface area contributed by atoms with Crippen molar-refractivity contribution in [3.63, 3.8) is 0 Å². The highest BCUT2D eigenvalue weighted by Gasteiger charge is 2.20. The molecule has 1 aromatic rings. The monoisotopic (exact) mass is 263 g/mol. The lowest BCUT2D eigenvalue weighted by atomic mass is 10.3. The Balaban J connectivity index is 3.29. The first-order valence-corrected chi connectivity index (χ1v) is 6.66. The van der Waals surface area contributed by atoms with Crippen LogP contribution in [0, 0.1) is 6.07 Å². The van der Waals surface area contributed by atoms with E-state index in [2.05, 4.69) is 6.07 Å². The van der Waals surface area contributed by atoms with Crippen LogP contribution in [0.3, 0.4) is 0 Å². The van der Waals surface area contributed by atoms with Gasteiger partial charge < -0.3 is 9.47 Å². The molecule has 0 bridgehead atoms. The van der Waals surface area contributed by atoms with E-state index in [4.69, 9.17) is 21.1 Å². The van der Waals surface area contributed by atoms with Crippen LogP contribution in [-0.4, -0.2) is 34.3 Å². The van der Waals surface area contributed by atoms with Gasteiger partial charge in [-0.3, -0.25) is 0 Å². The van der Waals surface area contributed by atoms with Gasteiger partial charge in [0, 0.05) is 18.0 Å². The van der Waals surface area contributed by atoms with E-state index in [1.54, 1.807) is 0 Å². The molecule has 16 heavy (non-hydrogen) atoms. The summed E-state index contributed by atoms with van der Waals surface area (Å²) in [6.07, 6.45) is 0. The molecule has 1 aromatic carbocycles. The lowest BCUT2D eigenvalue weighted by Gasteiger charge is -2.09. The molecule has 0 aliphatic carbocycles. The van der Waals surface area contributed by atoms with Crippen molar-refractivity contribution in [2.75, 3.05) is 25.9 Å². The molecule has 0 amide bonds. The number of methoxy groups -OCH3 is 2. The van der Waals surface area contributed by atoms with Gasteiger partial charge in [-0.2, -0.15) is 0 Å². The van der Waals surface area contributed by atoms with Crippen molar-refractivity contribution in [2.45, 2.75) is 4.90 Å². The Kier molecular flexibility index (Phi) is 4.44. The van der Waals surface area contributed by atoms with Crippen LogP contribution in [0.5, 0.6) is 11.5 Å². The summed E-state index contributed by atoms with van der Waals surface area (Å²) in [5.41, 5.74) is 0. The second-order valence-corrected chi connectivity index (χ2v) is 5.40. The van der Waals surface area contributed by atoms with E-state index < -0.39 is 9.84 Å². The van der Waals surface area contributed by atoms with Crippen LogP contribution in [-0.2, 0) is 9.84 Å². The number of ether oxygens (including phenoxy) is 2. The van der Waals surface area contributed by atoms with Crippen molar-refractivity contribution < 1.29 is 17.9 Å². The molecule has 0 unspecified atom stereocenters. The molecule has 0 heterocycles. The molecule has 0 aliphatic heterocycles. The zero-order chi connectivity index (χ0) is 12.2. The number of rotatable bonds is 5. The van der Waals surface area contributed by atoms with Crippen molar-refractivity contribution in [1.82, 2.24) is 0 Å². The average molecular weight is 264 g/mol. The minimum Gasteiger partial charge on any atom is -0.496 e. The molecule has 0 aliphatic rings. The quantitative estimate of drug-likeness (QED) is 0.756. The summed E-state index contributed by atoms with van der Waals surface area (Å²) in [6, 6.07) is 5.55. The predicted octanol–water partition coefficient (Wildman–Crippen LogP) is 1.52. The first-order valence-electron chi connectivity index (χ1n) is 4.47. The van der Waals surface area contributed by atoms with Crippen LogP contribution in [0.2, 0.25) is 0 Å². The highest BCUT2D eigenvalue weighted by Crippen LogP contribution is 2.28. The Morgan fingerprint density at radius 2 is 2.06 bits per heavy atom. The fraction of sp³-hybridized carbons (Fsp3) is 0.400. The van der Waals surface area contributed by atoms with E-state index >= 15 is 0 Å². The summed E-state index contributed by atoms with van der Waals surface area (Å²) < 4.78 is 33.6. The molecule has 1 rings (SSSR count). The number of hydrogen-bond donors (Lipinski definition) is 0. The molecule has 0 atom stereocenters. The van der Waals surface area contributed by atoms with Gasteiger partial charge in [-0.15, -0.1) is 11.6 Å². The minimum atomic E-state index is -3.44. The van der Waals surface area contributed by atoms with Crippen LogP contribution >= 0.6 is 11.6 Å². The van der Waals surface area contributed by atoms with Crippen molar-refractivity contribution in [3.05, 3.63) is 18.2 Å². The standard InChI is InChI=1S/C10H12ClO4S/c1-14-8-3-4-9(15-2)10(7-8)16(12,13)6-5-11/h4,7H,5-6H2,1-2H3. The largest absolute Gasteiger partial charge is 0.496 e. The van der Waals surface area contributed by atoms with E-state index in [1.807, 2.05) is 0 Å². The molecule has 0 fully saturated rings. The van der Waals surface area contributed by atoms with Crippen LogP contribution in [0.25, 0.3) is 0 Å².